The van der Waals surface area contributed by atoms with Crippen LogP contribution in [0.25, 0.3) is 22.5 Å². The van der Waals surface area contributed by atoms with Gasteiger partial charge < -0.3 is 10.3 Å². The summed E-state index contributed by atoms with van der Waals surface area (Å²) in [6.45, 7) is 5.97. The van der Waals surface area contributed by atoms with Crippen LogP contribution in [0.5, 0.6) is 0 Å². The van der Waals surface area contributed by atoms with E-state index in [1.807, 2.05) is 87.5 Å². The van der Waals surface area contributed by atoms with Crippen LogP contribution >= 0.6 is 11.8 Å². The third-order valence-electron chi connectivity index (χ3n) is 5.31. The van der Waals surface area contributed by atoms with Crippen LogP contribution in [0.15, 0.2) is 84.0 Å². The van der Waals surface area contributed by atoms with Gasteiger partial charge in [-0.25, -0.2) is 4.98 Å². The fourth-order valence-electron chi connectivity index (χ4n) is 3.37. The first-order valence-electron chi connectivity index (χ1n) is 10.3. The van der Waals surface area contributed by atoms with Gasteiger partial charge in [-0.1, -0.05) is 84.6 Å². The van der Waals surface area contributed by atoms with Crippen molar-refractivity contribution in [2.45, 2.75) is 31.2 Å². The van der Waals surface area contributed by atoms with Crippen molar-refractivity contribution in [2.75, 3.05) is 5.32 Å². The highest BCUT2D eigenvalue weighted by atomic mass is 32.2. The van der Waals surface area contributed by atoms with Crippen LogP contribution in [0.1, 0.15) is 18.1 Å². The van der Waals surface area contributed by atoms with Crippen molar-refractivity contribution in [1.82, 2.24) is 9.97 Å². The lowest BCUT2D eigenvalue weighted by Gasteiger charge is -2.13. The van der Waals surface area contributed by atoms with Crippen molar-refractivity contribution < 1.29 is 4.79 Å². The lowest BCUT2D eigenvalue weighted by atomic mass is 10.1. The first kappa shape index (κ1) is 20.9. The van der Waals surface area contributed by atoms with E-state index < -0.39 is 0 Å². The van der Waals surface area contributed by atoms with Crippen molar-refractivity contribution in [3.63, 3.8) is 0 Å². The first-order valence-corrected chi connectivity index (χ1v) is 11.2. The molecule has 0 aliphatic heterocycles. The van der Waals surface area contributed by atoms with Gasteiger partial charge in [0.1, 0.15) is 0 Å². The van der Waals surface area contributed by atoms with Gasteiger partial charge in [0.15, 0.2) is 5.16 Å². The summed E-state index contributed by atoms with van der Waals surface area (Å²) in [5, 5.41) is 3.47. The number of aryl methyl sites for hydroxylation is 1. The lowest BCUT2D eigenvalue weighted by Crippen LogP contribution is -2.23. The molecule has 5 heteroatoms. The Labute approximate surface area is 187 Å². The Morgan fingerprint density at radius 2 is 1.55 bits per heavy atom. The summed E-state index contributed by atoms with van der Waals surface area (Å²) in [6, 6.07) is 26.2. The molecule has 3 aromatic carbocycles. The second-order valence-corrected chi connectivity index (χ2v) is 8.82. The Morgan fingerprint density at radius 1 is 0.903 bits per heavy atom. The average Bonchev–Trinajstić information content (AvgIpc) is 3.22. The van der Waals surface area contributed by atoms with E-state index >= 15 is 0 Å². The molecule has 156 valence electrons. The molecule has 0 aliphatic rings. The molecule has 0 bridgehead atoms. The van der Waals surface area contributed by atoms with Gasteiger partial charge in [-0.05, 0) is 38.0 Å². The van der Waals surface area contributed by atoms with Crippen LogP contribution in [0.4, 0.5) is 5.69 Å². The number of nitrogens with zero attached hydrogens (tertiary/aromatic N) is 1. The molecular formula is C26H25N3OS. The van der Waals surface area contributed by atoms with Gasteiger partial charge in [0, 0.05) is 16.8 Å². The third kappa shape index (κ3) is 4.72. The summed E-state index contributed by atoms with van der Waals surface area (Å²) in [5.41, 5.74) is 7.04. The molecule has 4 rings (SSSR count). The number of aromatic nitrogens is 2. The largest absolute Gasteiger partial charge is 0.332 e. The minimum Gasteiger partial charge on any atom is -0.332 e. The maximum absolute atomic E-state index is 12.8. The number of hydrogen-bond acceptors (Lipinski definition) is 3. The molecule has 1 aromatic heterocycles. The molecule has 4 nitrogen and oxygen atoms in total. The maximum atomic E-state index is 12.8. The molecule has 1 atom stereocenters. The average molecular weight is 428 g/mol. The Morgan fingerprint density at radius 3 is 2.23 bits per heavy atom. The highest BCUT2D eigenvalue weighted by Crippen LogP contribution is 2.34. The molecule has 0 spiro atoms. The number of rotatable bonds is 6. The first-order chi connectivity index (χ1) is 15.0. The number of thioether (sulfide) groups is 1. The molecule has 31 heavy (non-hydrogen) atoms. The van der Waals surface area contributed by atoms with Gasteiger partial charge in [-0.15, -0.1) is 0 Å². The molecule has 0 fully saturated rings. The molecule has 0 aliphatic carbocycles. The number of hydrogen-bond donors (Lipinski definition) is 2. The lowest BCUT2D eigenvalue weighted by molar-refractivity contribution is -0.115. The Kier molecular flexibility index (Phi) is 6.23. The summed E-state index contributed by atoms with van der Waals surface area (Å²) in [4.78, 5) is 21.1. The van der Waals surface area contributed by atoms with E-state index in [1.165, 1.54) is 11.8 Å². The van der Waals surface area contributed by atoms with Crippen LogP contribution in [-0.2, 0) is 4.79 Å². The number of nitrogens with one attached hydrogen (secondary N) is 2. The highest BCUT2D eigenvalue weighted by Gasteiger charge is 2.20. The van der Waals surface area contributed by atoms with Crippen molar-refractivity contribution in [2.24, 2.45) is 0 Å². The van der Waals surface area contributed by atoms with Crippen LogP contribution in [0.2, 0.25) is 0 Å². The van der Waals surface area contributed by atoms with E-state index in [9.17, 15) is 4.79 Å². The Bertz CT molecular complexity index is 1130. The van der Waals surface area contributed by atoms with Gasteiger partial charge in [-0.2, -0.15) is 0 Å². The minimum absolute atomic E-state index is 0.0439. The number of carbonyl (C=O) groups excluding carboxylic acids is 1. The van der Waals surface area contributed by atoms with Crippen LogP contribution in [0, 0.1) is 13.8 Å². The SMILES string of the molecule is Cc1cccc(NC(=O)C(C)Sc2nc(-c3ccccc3)c(-c3ccccc3)[nH]2)c1C. The highest BCUT2D eigenvalue weighted by molar-refractivity contribution is 8.00. The molecule has 2 N–H and O–H groups in total. The van der Waals surface area contributed by atoms with Gasteiger partial charge in [0.2, 0.25) is 5.91 Å². The number of imidazole rings is 1. The van der Waals surface area contributed by atoms with E-state index in [4.69, 9.17) is 4.98 Å². The maximum Gasteiger partial charge on any atom is 0.237 e. The monoisotopic (exact) mass is 427 g/mol. The molecular weight excluding hydrogens is 402 g/mol. The number of carbonyl (C=O) groups is 1. The Balaban J connectivity index is 1.59. The quantitative estimate of drug-likeness (QED) is 0.346. The summed E-state index contributed by atoms with van der Waals surface area (Å²) >= 11 is 1.43. The van der Waals surface area contributed by atoms with E-state index in [-0.39, 0.29) is 11.2 Å². The fourth-order valence-corrected chi connectivity index (χ4v) is 4.17. The number of benzene rings is 3. The summed E-state index contributed by atoms with van der Waals surface area (Å²) < 4.78 is 0. The van der Waals surface area contributed by atoms with Crippen LogP contribution in [-0.4, -0.2) is 21.1 Å². The predicted octanol–water partition coefficient (Wildman–Crippen LogP) is 6.48. The summed E-state index contributed by atoms with van der Waals surface area (Å²) in [6.07, 6.45) is 0. The molecule has 0 saturated heterocycles. The van der Waals surface area contributed by atoms with Crippen molar-refractivity contribution >= 4 is 23.4 Å². The van der Waals surface area contributed by atoms with Crippen LogP contribution in [0.3, 0.4) is 0 Å². The Hall–Kier alpha value is -3.31. The summed E-state index contributed by atoms with van der Waals surface area (Å²) in [7, 11) is 0. The third-order valence-corrected chi connectivity index (χ3v) is 6.30. The van der Waals surface area contributed by atoms with Gasteiger partial charge in [0.25, 0.3) is 0 Å². The molecule has 1 amide bonds. The molecule has 1 unspecified atom stereocenters. The second kappa shape index (κ2) is 9.23. The predicted molar refractivity (Wildman–Crippen MR) is 129 cm³/mol. The van der Waals surface area contributed by atoms with Gasteiger partial charge in [0.05, 0.1) is 16.6 Å². The zero-order chi connectivity index (χ0) is 21.8. The van der Waals surface area contributed by atoms with Crippen molar-refractivity contribution in [3.05, 3.63) is 90.0 Å². The van der Waals surface area contributed by atoms with E-state index in [0.29, 0.717) is 0 Å². The van der Waals surface area contributed by atoms with Gasteiger partial charge >= 0.3 is 0 Å². The number of anilines is 1. The minimum atomic E-state index is -0.307. The van der Waals surface area contributed by atoms with Crippen molar-refractivity contribution in [1.29, 1.82) is 0 Å². The standard InChI is InChI=1S/C26H25N3OS/c1-17-11-10-16-22(18(17)2)27-25(30)19(3)31-26-28-23(20-12-6-4-7-13-20)24(29-26)21-14-8-5-9-15-21/h4-16,19H,1-3H3,(H,27,30)(H,28,29). The topological polar surface area (TPSA) is 57.8 Å². The number of amides is 1. The molecule has 4 aromatic rings. The number of H-pyrrole nitrogens is 1. The van der Waals surface area contributed by atoms with Crippen molar-refractivity contribution in [3.8, 4) is 22.5 Å². The molecule has 0 radical (unpaired) electrons. The molecule has 1 heterocycles. The smallest absolute Gasteiger partial charge is 0.237 e. The van der Waals surface area contributed by atoms with E-state index in [2.05, 4.69) is 22.4 Å². The second-order valence-electron chi connectivity index (χ2n) is 7.49. The molecule has 0 saturated carbocycles. The van der Waals surface area contributed by atoms with Gasteiger partial charge in [-0.3, -0.25) is 4.79 Å². The number of aromatic amines is 1. The zero-order valence-electron chi connectivity index (χ0n) is 17.8. The fraction of sp³-hybridized carbons (Fsp3) is 0.154. The summed E-state index contributed by atoms with van der Waals surface area (Å²) in [5.74, 6) is -0.0439. The van der Waals surface area contributed by atoms with Crippen LogP contribution < -0.4 is 5.32 Å². The van der Waals surface area contributed by atoms with E-state index in [0.717, 1.165) is 44.5 Å². The van der Waals surface area contributed by atoms with E-state index in [1.54, 1.807) is 0 Å². The zero-order valence-corrected chi connectivity index (χ0v) is 18.7. The normalized spacial score (nSPS) is 11.8.